The molecule has 3 nitrogen and oxygen atoms in total. The number of hydrogen-bond acceptors (Lipinski definition) is 2. The summed E-state index contributed by atoms with van der Waals surface area (Å²) in [6.45, 7) is 2.02. The van der Waals surface area contributed by atoms with Crippen molar-refractivity contribution in [2.75, 3.05) is 0 Å². The molecule has 0 aliphatic carbocycles. The molecule has 1 rings (SSSR count). The van der Waals surface area contributed by atoms with Crippen molar-refractivity contribution >= 4 is 5.84 Å². The van der Waals surface area contributed by atoms with Crippen LogP contribution in [0.5, 0.6) is 0 Å². The fourth-order valence-corrected chi connectivity index (χ4v) is 0.826. The highest BCUT2D eigenvalue weighted by atomic mass is 14.8. The van der Waals surface area contributed by atoms with Gasteiger partial charge in [-0.2, -0.15) is 0 Å². The average molecular weight is 149 g/mol. The average Bonchev–Trinajstić information content (AvgIpc) is 2.05. The van der Waals surface area contributed by atoms with Crippen molar-refractivity contribution in [1.82, 2.24) is 4.98 Å². The quantitative estimate of drug-likeness (QED) is 0.485. The smallest absolute Gasteiger partial charge is 0.141 e. The third kappa shape index (κ3) is 1.77. The van der Waals surface area contributed by atoms with Crippen LogP contribution in [0.15, 0.2) is 18.2 Å². The number of hydrogen-bond donors (Lipinski definition) is 2. The second kappa shape index (κ2) is 3.14. The molecule has 0 bridgehead atoms. The van der Waals surface area contributed by atoms with Gasteiger partial charge in [0.25, 0.3) is 0 Å². The van der Waals surface area contributed by atoms with Gasteiger partial charge in [0, 0.05) is 5.69 Å². The van der Waals surface area contributed by atoms with Crippen LogP contribution in [-0.2, 0) is 6.42 Å². The van der Waals surface area contributed by atoms with E-state index in [0.717, 1.165) is 12.1 Å². The van der Waals surface area contributed by atoms with Crippen LogP contribution in [0.25, 0.3) is 0 Å². The van der Waals surface area contributed by atoms with Crippen LogP contribution >= 0.6 is 0 Å². The zero-order chi connectivity index (χ0) is 8.27. The van der Waals surface area contributed by atoms with E-state index in [9.17, 15) is 0 Å². The summed E-state index contributed by atoms with van der Waals surface area (Å²) in [5.41, 5.74) is 6.79. The summed E-state index contributed by atoms with van der Waals surface area (Å²) in [5.74, 6) is 0.0281. The fourth-order valence-electron chi connectivity index (χ4n) is 0.826. The van der Waals surface area contributed by atoms with Gasteiger partial charge in [-0.25, -0.2) is 4.98 Å². The van der Waals surface area contributed by atoms with E-state index in [2.05, 4.69) is 4.98 Å². The highest BCUT2D eigenvalue weighted by Crippen LogP contribution is 1.98. The summed E-state index contributed by atoms with van der Waals surface area (Å²) >= 11 is 0. The molecule has 0 aromatic carbocycles. The first-order chi connectivity index (χ1) is 5.24. The zero-order valence-electron chi connectivity index (χ0n) is 6.46. The summed E-state index contributed by atoms with van der Waals surface area (Å²) in [6.07, 6.45) is 0.876. The largest absolute Gasteiger partial charge is 0.382 e. The highest BCUT2D eigenvalue weighted by molar-refractivity contribution is 5.92. The molecule has 3 heteroatoms. The van der Waals surface area contributed by atoms with E-state index in [-0.39, 0.29) is 5.84 Å². The van der Waals surface area contributed by atoms with Gasteiger partial charge in [0.15, 0.2) is 0 Å². The monoisotopic (exact) mass is 149 g/mol. The van der Waals surface area contributed by atoms with E-state index in [1.165, 1.54) is 0 Å². The number of rotatable bonds is 2. The molecule has 0 fully saturated rings. The number of nitrogens with two attached hydrogens (primary N) is 1. The van der Waals surface area contributed by atoms with E-state index in [4.69, 9.17) is 11.1 Å². The summed E-state index contributed by atoms with van der Waals surface area (Å²) < 4.78 is 0. The molecule has 0 amide bonds. The minimum absolute atomic E-state index is 0.0281. The number of nitrogen functional groups attached to an aromatic ring is 1. The molecule has 0 unspecified atom stereocenters. The Bertz CT molecular complexity index is 268. The molecule has 0 saturated heterocycles. The van der Waals surface area contributed by atoms with E-state index in [1.807, 2.05) is 19.1 Å². The molecule has 3 N–H and O–H groups in total. The lowest BCUT2D eigenvalue weighted by atomic mass is 10.2. The molecular weight excluding hydrogens is 138 g/mol. The Morgan fingerprint density at radius 2 is 2.36 bits per heavy atom. The van der Waals surface area contributed by atoms with Crippen molar-refractivity contribution in [3.05, 3.63) is 29.6 Å². The van der Waals surface area contributed by atoms with Crippen LogP contribution in [-0.4, -0.2) is 10.8 Å². The van der Waals surface area contributed by atoms with Crippen molar-refractivity contribution in [2.45, 2.75) is 13.3 Å². The van der Waals surface area contributed by atoms with Gasteiger partial charge in [-0.15, -0.1) is 0 Å². The van der Waals surface area contributed by atoms with Gasteiger partial charge in [-0.1, -0.05) is 13.0 Å². The third-order valence-electron chi connectivity index (χ3n) is 1.44. The summed E-state index contributed by atoms with van der Waals surface area (Å²) in [6, 6.07) is 5.52. The van der Waals surface area contributed by atoms with Gasteiger partial charge in [0.1, 0.15) is 11.5 Å². The predicted molar refractivity (Wildman–Crippen MR) is 44.6 cm³/mol. The Morgan fingerprint density at radius 3 is 2.91 bits per heavy atom. The van der Waals surface area contributed by atoms with Gasteiger partial charge < -0.3 is 5.73 Å². The van der Waals surface area contributed by atoms with Crippen LogP contribution < -0.4 is 5.73 Å². The molecule has 1 aromatic rings. The molecule has 0 radical (unpaired) electrons. The second-order valence-electron chi connectivity index (χ2n) is 2.28. The maximum absolute atomic E-state index is 7.12. The Labute approximate surface area is 65.8 Å². The fraction of sp³-hybridized carbons (Fsp3) is 0.250. The molecular formula is C8H11N3. The van der Waals surface area contributed by atoms with Gasteiger partial charge in [0.05, 0.1) is 0 Å². The van der Waals surface area contributed by atoms with Gasteiger partial charge in [-0.3, -0.25) is 5.41 Å². The first kappa shape index (κ1) is 7.72. The van der Waals surface area contributed by atoms with Crippen molar-refractivity contribution in [2.24, 2.45) is 5.73 Å². The Balaban J connectivity index is 3.01. The molecule has 0 atom stereocenters. The maximum Gasteiger partial charge on any atom is 0.141 e. The van der Waals surface area contributed by atoms with Gasteiger partial charge in [0.2, 0.25) is 0 Å². The third-order valence-corrected chi connectivity index (χ3v) is 1.44. The van der Waals surface area contributed by atoms with Crippen LogP contribution in [0.1, 0.15) is 18.3 Å². The first-order valence-corrected chi connectivity index (χ1v) is 3.54. The Kier molecular flexibility index (Phi) is 2.21. The lowest BCUT2D eigenvalue weighted by Crippen LogP contribution is -2.13. The Hall–Kier alpha value is -1.38. The predicted octanol–water partition coefficient (Wildman–Crippen LogP) is 0.928. The molecule has 0 aliphatic rings. The maximum atomic E-state index is 7.12. The SMILES string of the molecule is CCc1cccc(C(=N)N)n1. The minimum Gasteiger partial charge on any atom is -0.382 e. The van der Waals surface area contributed by atoms with E-state index in [0.29, 0.717) is 5.69 Å². The number of nitrogens with zero attached hydrogens (tertiary/aromatic N) is 1. The van der Waals surface area contributed by atoms with Crippen LogP contribution in [0.3, 0.4) is 0 Å². The molecule has 58 valence electrons. The van der Waals surface area contributed by atoms with Crippen LogP contribution in [0.4, 0.5) is 0 Å². The summed E-state index contributed by atoms with van der Waals surface area (Å²) in [7, 11) is 0. The second-order valence-corrected chi connectivity index (χ2v) is 2.28. The number of pyridine rings is 1. The van der Waals surface area contributed by atoms with E-state index >= 15 is 0 Å². The standard InChI is InChI=1S/C8H11N3/c1-2-6-4-3-5-7(11-6)8(9)10/h3-5H,2H2,1H3,(H3,9,10). The number of nitrogens with one attached hydrogen (secondary N) is 1. The van der Waals surface area contributed by atoms with Crippen molar-refractivity contribution in [3.63, 3.8) is 0 Å². The summed E-state index contributed by atoms with van der Waals surface area (Å²) in [5, 5.41) is 7.12. The molecule has 11 heavy (non-hydrogen) atoms. The van der Waals surface area contributed by atoms with E-state index in [1.54, 1.807) is 6.07 Å². The van der Waals surface area contributed by atoms with Crippen molar-refractivity contribution in [3.8, 4) is 0 Å². The number of amidine groups is 1. The van der Waals surface area contributed by atoms with Crippen LogP contribution in [0, 0.1) is 5.41 Å². The normalized spacial score (nSPS) is 9.55. The van der Waals surface area contributed by atoms with E-state index < -0.39 is 0 Å². The topological polar surface area (TPSA) is 62.8 Å². The summed E-state index contributed by atoms with van der Waals surface area (Å²) in [4.78, 5) is 4.14. The number of aromatic nitrogens is 1. The lowest BCUT2D eigenvalue weighted by Gasteiger charge is -1.98. The van der Waals surface area contributed by atoms with Crippen LogP contribution in [0.2, 0.25) is 0 Å². The minimum atomic E-state index is 0.0281. The Morgan fingerprint density at radius 1 is 1.64 bits per heavy atom. The number of aryl methyl sites for hydroxylation is 1. The molecule has 1 heterocycles. The zero-order valence-corrected chi connectivity index (χ0v) is 6.46. The molecule has 0 spiro atoms. The van der Waals surface area contributed by atoms with Crippen molar-refractivity contribution in [1.29, 1.82) is 5.41 Å². The highest BCUT2D eigenvalue weighted by Gasteiger charge is 1.97. The molecule has 0 aliphatic heterocycles. The van der Waals surface area contributed by atoms with Gasteiger partial charge in [-0.05, 0) is 18.6 Å². The first-order valence-electron chi connectivity index (χ1n) is 3.54. The van der Waals surface area contributed by atoms with Gasteiger partial charge >= 0.3 is 0 Å². The van der Waals surface area contributed by atoms with Crippen molar-refractivity contribution < 1.29 is 0 Å². The molecule has 1 aromatic heterocycles. The lowest BCUT2D eigenvalue weighted by molar-refractivity contribution is 1.02. The molecule has 0 saturated carbocycles.